The van der Waals surface area contributed by atoms with E-state index in [1.165, 1.54) is 25.7 Å². The number of hydrogen-bond acceptors (Lipinski definition) is 5. The Morgan fingerprint density at radius 3 is 2.00 bits per heavy atom. The molecule has 5 N–H and O–H groups in total. The molecule has 5 aliphatic rings. The highest BCUT2D eigenvalue weighted by molar-refractivity contribution is 5.34. The van der Waals surface area contributed by atoms with Gasteiger partial charge in [-0.25, -0.2) is 0 Å². The van der Waals surface area contributed by atoms with Gasteiger partial charge in [0.05, 0.1) is 0 Å². The van der Waals surface area contributed by atoms with Crippen molar-refractivity contribution in [2.24, 2.45) is 50.2 Å². The van der Waals surface area contributed by atoms with Crippen LogP contribution >= 0.6 is 0 Å². The second-order valence-corrected chi connectivity index (χ2v) is 15.8. The molecular formula is C30H50O5. The van der Waals surface area contributed by atoms with E-state index >= 15 is 0 Å². The quantitative estimate of drug-likeness (QED) is 0.249. The minimum atomic E-state index is -3.01. The average Bonchev–Trinajstić information content (AvgIpc) is 2.74. The van der Waals surface area contributed by atoms with Crippen LogP contribution in [0.15, 0.2) is 11.6 Å². The number of rotatable bonds is 0. The van der Waals surface area contributed by atoms with Gasteiger partial charge in [0.2, 0.25) is 11.6 Å². The summed E-state index contributed by atoms with van der Waals surface area (Å²) >= 11 is 0. The second kappa shape index (κ2) is 6.94. The van der Waals surface area contributed by atoms with Crippen LogP contribution in [0.3, 0.4) is 0 Å². The third kappa shape index (κ3) is 2.83. The third-order valence-corrected chi connectivity index (χ3v) is 13.4. The first kappa shape index (κ1) is 26.2. The van der Waals surface area contributed by atoms with Crippen molar-refractivity contribution in [2.75, 3.05) is 0 Å². The van der Waals surface area contributed by atoms with Gasteiger partial charge in [0, 0.05) is 5.41 Å². The van der Waals surface area contributed by atoms with Crippen molar-refractivity contribution in [3.63, 3.8) is 0 Å². The molecule has 5 aliphatic carbocycles. The number of fused-ring (bicyclic) bond motifs is 7. The van der Waals surface area contributed by atoms with Gasteiger partial charge in [0.25, 0.3) is 0 Å². The molecule has 0 radical (unpaired) electrons. The number of aliphatic hydroxyl groups is 5. The van der Waals surface area contributed by atoms with E-state index < -0.39 is 28.5 Å². The van der Waals surface area contributed by atoms with Crippen LogP contribution in [0, 0.1) is 50.2 Å². The minimum Gasteiger partial charge on any atom is -0.387 e. The fourth-order valence-corrected chi connectivity index (χ4v) is 10.7. The maximum absolute atomic E-state index is 11.6. The summed E-state index contributed by atoms with van der Waals surface area (Å²) in [7, 11) is 0. The zero-order valence-corrected chi connectivity index (χ0v) is 23.3. The Labute approximate surface area is 212 Å². The van der Waals surface area contributed by atoms with Gasteiger partial charge in [-0.3, -0.25) is 0 Å². The Morgan fingerprint density at radius 2 is 1.37 bits per heavy atom. The number of aliphatic hydroxyl groups excluding tert-OH is 1. The first-order valence-corrected chi connectivity index (χ1v) is 14.0. The topological polar surface area (TPSA) is 101 Å². The monoisotopic (exact) mass is 490 g/mol. The van der Waals surface area contributed by atoms with Gasteiger partial charge in [-0.1, -0.05) is 67.0 Å². The summed E-state index contributed by atoms with van der Waals surface area (Å²) in [4.78, 5) is 0. The molecule has 0 aromatic carbocycles. The molecule has 0 aliphatic heterocycles. The standard InChI is InChI=1S/C30H50O5/c1-23(2)13-14-25(5)15-16-26(6)18(19(25)17-23)9-10-21-27(26,7)12-11-20-24(3,4)22(31)29(32,33)30(34,35)28(20,21)8/h9,19-22,31-35H,10-17H2,1-8H3/t19-,20-,21-,22?,25+,26+,27+,28-/m0/s1. The molecule has 0 bridgehead atoms. The molecule has 4 saturated carbocycles. The van der Waals surface area contributed by atoms with E-state index in [9.17, 15) is 25.5 Å². The Hall–Kier alpha value is -0.460. The molecule has 0 aromatic rings. The van der Waals surface area contributed by atoms with Crippen molar-refractivity contribution < 1.29 is 25.5 Å². The maximum Gasteiger partial charge on any atom is 0.246 e. The highest BCUT2D eigenvalue weighted by Gasteiger charge is 2.79. The van der Waals surface area contributed by atoms with E-state index in [4.69, 9.17) is 0 Å². The lowest BCUT2D eigenvalue weighted by molar-refractivity contribution is -0.479. The van der Waals surface area contributed by atoms with E-state index in [1.54, 1.807) is 5.57 Å². The highest BCUT2D eigenvalue weighted by atomic mass is 16.6. The largest absolute Gasteiger partial charge is 0.387 e. The summed E-state index contributed by atoms with van der Waals surface area (Å²) < 4.78 is 0. The first-order valence-electron chi connectivity index (χ1n) is 14.0. The normalized spacial score (nSPS) is 53.3. The minimum absolute atomic E-state index is 0.0780. The van der Waals surface area contributed by atoms with Crippen LogP contribution in [0.25, 0.3) is 0 Å². The SMILES string of the molecule is CC1(C)CC[C@]2(C)CC[C@]3(C)C(=CC[C@@H]4[C@]5(C)[C@@H](CC[C@]43C)C(C)(C)C(O)C(O)(O)C5(O)O)[C@@H]2C1. The molecule has 5 nitrogen and oxygen atoms in total. The number of hydrogen-bond donors (Lipinski definition) is 5. The molecule has 200 valence electrons. The van der Waals surface area contributed by atoms with Crippen LogP contribution in [0.5, 0.6) is 0 Å². The molecule has 0 heterocycles. The fraction of sp³-hybridized carbons (Fsp3) is 0.933. The van der Waals surface area contributed by atoms with E-state index in [-0.39, 0.29) is 22.7 Å². The molecule has 8 atom stereocenters. The molecule has 4 fully saturated rings. The van der Waals surface area contributed by atoms with Crippen LogP contribution < -0.4 is 0 Å². The number of allylic oxidation sites excluding steroid dienone is 2. The Kier molecular flexibility index (Phi) is 5.19. The lowest BCUT2D eigenvalue weighted by atomic mass is 9.32. The predicted octanol–water partition coefficient (Wildman–Crippen LogP) is 4.75. The molecule has 0 amide bonds. The zero-order chi connectivity index (χ0) is 26.3. The smallest absolute Gasteiger partial charge is 0.246 e. The molecule has 1 unspecified atom stereocenters. The van der Waals surface area contributed by atoms with Crippen LogP contribution in [-0.2, 0) is 0 Å². The van der Waals surface area contributed by atoms with Crippen molar-refractivity contribution in [1.82, 2.24) is 0 Å². The van der Waals surface area contributed by atoms with Crippen molar-refractivity contribution in [1.29, 1.82) is 0 Å². The van der Waals surface area contributed by atoms with Crippen LogP contribution in [0.1, 0.15) is 107 Å². The molecular weight excluding hydrogens is 440 g/mol. The Bertz CT molecular complexity index is 948. The lowest BCUT2D eigenvalue weighted by Gasteiger charge is -2.74. The van der Waals surface area contributed by atoms with Crippen molar-refractivity contribution in [3.05, 3.63) is 11.6 Å². The maximum atomic E-state index is 11.6. The molecule has 5 rings (SSSR count). The van der Waals surface area contributed by atoms with Crippen LogP contribution in [0.2, 0.25) is 0 Å². The van der Waals surface area contributed by atoms with Crippen LogP contribution in [0.4, 0.5) is 0 Å². The van der Waals surface area contributed by atoms with Crippen molar-refractivity contribution in [3.8, 4) is 0 Å². The predicted molar refractivity (Wildman–Crippen MR) is 136 cm³/mol. The Balaban J connectivity index is 1.66. The molecule has 0 saturated heterocycles. The molecule has 5 heteroatoms. The molecule has 0 aromatic heterocycles. The molecule has 0 spiro atoms. The first-order chi connectivity index (χ1) is 15.7. The van der Waals surface area contributed by atoms with E-state index in [1.807, 2.05) is 20.8 Å². The summed E-state index contributed by atoms with van der Waals surface area (Å²) in [6.07, 6.45) is 9.13. The molecule has 35 heavy (non-hydrogen) atoms. The van der Waals surface area contributed by atoms with Gasteiger partial charge in [0.15, 0.2) is 0 Å². The van der Waals surface area contributed by atoms with Crippen molar-refractivity contribution in [2.45, 2.75) is 124 Å². The van der Waals surface area contributed by atoms with Crippen LogP contribution in [-0.4, -0.2) is 43.2 Å². The summed E-state index contributed by atoms with van der Waals surface area (Å²) in [5.41, 5.74) is -0.127. The van der Waals surface area contributed by atoms with Gasteiger partial charge in [-0.15, -0.1) is 0 Å². The summed E-state index contributed by atoms with van der Waals surface area (Å²) in [6.45, 7) is 17.6. The van der Waals surface area contributed by atoms with E-state index in [0.717, 1.165) is 19.3 Å². The van der Waals surface area contributed by atoms with Gasteiger partial charge in [-0.05, 0) is 96.2 Å². The van der Waals surface area contributed by atoms with Gasteiger partial charge in [-0.2, -0.15) is 0 Å². The summed E-state index contributed by atoms with van der Waals surface area (Å²) in [5.74, 6) is -5.70. The Morgan fingerprint density at radius 1 is 0.771 bits per heavy atom. The average molecular weight is 491 g/mol. The van der Waals surface area contributed by atoms with Crippen molar-refractivity contribution >= 4 is 0 Å². The van der Waals surface area contributed by atoms with Gasteiger partial charge >= 0.3 is 0 Å². The summed E-state index contributed by atoms with van der Waals surface area (Å²) in [5, 5.41) is 56.1. The zero-order valence-electron chi connectivity index (χ0n) is 23.3. The third-order valence-electron chi connectivity index (χ3n) is 13.4. The van der Waals surface area contributed by atoms with E-state index in [2.05, 4.69) is 40.7 Å². The van der Waals surface area contributed by atoms with Gasteiger partial charge in [0.1, 0.15) is 6.10 Å². The highest BCUT2D eigenvalue weighted by Crippen LogP contribution is 2.77. The lowest BCUT2D eigenvalue weighted by Crippen LogP contribution is -2.82. The second-order valence-electron chi connectivity index (χ2n) is 15.8. The van der Waals surface area contributed by atoms with E-state index in [0.29, 0.717) is 23.2 Å². The summed E-state index contributed by atoms with van der Waals surface area (Å²) in [6, 6.07) is 0. The fourth-order valence-electron chi connectivity index (χ4n) is 10.7. The van der Waals surface area contributed by atoms with Gasteiger partial charge < -0.3 is 25.5 Å².